The van der Waals surface area contributed by atoms with Crippen LogP contribution in [-0.2, 0) is 10.2 Å². The van der Waals surface area contributed by atoms with E-state index < -0.39 is 6.10 Å². The van der Waals surface area contributed by atoms with Gasteiger partial charge in [-0.1, -0.05) is 39.8 Å². The van der Waals surface area contributed by atoms with Crippen LogP contribution in [0, 0.1) is 0 Å². The van der Waals surface area contributed by atoms with Gasteiger partial charge >= 0.3 is 0 Å². The summed E-state index contributed by atoms with van der Waals surface area (Å²) in [5.74, 6) is 1.29. The Morgan fingerprint density at radius 1 is 1.00 bits per heavy atom. The van der Waals surface area contributed by atoms with Crippen molar-refractivity contribution in [3.8, 4) is 11.5 Å². The van der Waals surface area contributed by atoms with Crippen molar-refractivity contribution in [3.63, 3.8) is 0 Å². The quantitative estimate of drug-likeness (QED) is 0.822. The molecule has 2 aromatic rings. The van der Waals surface area contributed by atoms with Gasteiger partial charge in [0, 0.05) is 5.69 Å². The van der Waals surface area contributed by atoms with Gasteiger partial charge in [0.15, 0.2) is 6.10 Å². The van der Waals surface area contributed by atoms with E-state index in [4.69, 9.17) is 9.47 Å². The summed E-state index contributed by atoms with van der Waals surface area (Å²) >= 11 is 0. The number of anilines is 1. The topological polar surface area (TPSA) is 47.6 Å². The van der Waals surface area contributed by atoms with Gasteiger partial charge < -0.3 is 14.8 Å². The molecule has 1 atom stereocenters. The number of amides is 1. The molecule has 0 aliphatic heterocycles. The molecule has 0 aliphatic carbocycles. The number of carbonyl (C=O) groups excluding carboxylic acids is 1. The molecule has 4 nitrogen and oxygen atoms in total. The fraction of sp³-hybridized carbons (Fsp3) is 0.381. The monoisotopic (exact) mass is 341 g/mol. The summed E-state index contributed by atoms with van der Waals surface area (Å²) < 4.78 is 11.0. The summed E-state index contributed by atoms with van der Waals surface area (Å²) in [6, 6.07) is 15.2. The number of ether oxygens (including phenoxy) is 2. The molecule has 25 heavy (non-hydrogen) atoms. The molecule has 0 saturated heterocycles. The molecule has 1 amide bonds. The van der Waals surface area contributed by atoms with Gasteiger partial charge in [-0.05, 0) is 53.8 Å². The Labute approximate surface area is 150 Å². The summed E-state index contributed by atoms with van der Waals surface area (Å²) in [4.78, 5) is 12.5. The van der Waals surface area contributed by atoms with Gasteiger partial charge in [0.1, 0.15) is 11.5 Å². The number of hydrogen-bond acceptors (Lipinski definition) is 3. The van der Waals surface area contributed by atoms with Crippen LogP contribution in [0.15, 0.2) is 48.5 Å². The zero-order chi connectivity index (χ0) is 18.4. The maximum absolute atomic E-state index is 12.5. The van der Waals surface area contributed by atoms with Gasteiger partial charge in [-0.3, -0.25) is 4.79 Å². The van der Waals surface area contributed by atoms with Crippen LogP contribution in [0.2, 0.25) is 0 Å². The maximum Gasteiger partial charge on any atom is 0.265 e. The Morgan fingerprint density at radius 3 is 2.04 bits per heavy atom. The van der Waals surface area contributed by atoms with E-state index in [9.17, 15) is 4.79 Å². The molecule has 2 aromatic carbocycles. The van der Waals surface area contributed by atoms with E-state index in [2.05, 4.69) is 26.1 Å². The van der Waals surface area contributed by atoms with E-state index in [-0.39, 0.29) is 11.3 Å². The predicted molar refractivity (Wildman–Crippen MR) is 101 cm³/mol. The Balaban J connectivity index is 2.01. The minimum absolute atomic E-state index is 0.0917. The van der Waals surface area contributed by atoms with Crippen LogP contribution in [0.3, 0.4) is 0 Å². The fourth-order valence-corrected chi connectivity index (χ4v) is 2.42. The molecule has 1 N–H and O–H groups in total. The average molecular weight is 341 g/mol. The number of methoxy groups -OCH3 is 1. The number of rotatable bonds is 6. The van der Waals surface area contributed by atoms with Gasteiger partial charge in [-0.15, -0.1) is 0 Å². The Hall–Kier alpha value is -2.49. The molecule has 4 heteroatoms. The van der Waals surface area contributed by atoms with Crippen molar-refractivity contribution in [2.24, 2.45) is 0 Å². The molecule has 0 spiro atoms. The normalized spacial score (nSPS) is 12.4. The molecule has 0 heterocycles. The number of hydrogen-bond donors (Lipinski definition) is 1. The van der Waals surface area contributed by atoms with Crippen molar-refractivity contribution >= 4 is 11.6 Å². The summed E-state index contributed by atoms with van der Waals surface area (Å²) in [5, 5.41) is 2.88. The van der Waals surface area contributed by atoms with Gasteiger partial charge in [-0.25, -0.2) is 0 Å². The van der Waals surface area contributed by atoms with Gasteiger partial charge in [0.2, 0.25) is 0 Å². The second-order valence-corrected chi connectivity index (χ2v) is 7.01. The van der Waals surface area contributed by atoms with Crippen LogP contribution in [0.5, 0.6) is 11.5 Å². The molecule has 0 bridgehead atoms. The van der Waals surface area contributed by atoms with Crippen LogP contribution in [-0.4, -0.2) is 19.1 Å². The third-order valence-corrected chi connectivity index (χ3v) is 4.02. The van der Waals surface area contributed by atoms with Gasteiger partial charge in [0.05, 0.1) is 7.11 Å². The summed E-state index contributed by atoms with van der Waals surface area (Å²) in [6.45, 7) is 8.43. The molecule has 134 valence electrons. The Bertz CT molecular complexity index is 685. The van der Waals surface area contributed by atoms with E-state index in [0.717, 1.165) is 11.4 Å². The first-order chi connectivity index (χ1) is 11.8. The minimum Gasteiger partial charge on any atom is -0.497 e. The summed E-state index contributed by atoms with van der Waals surface area (Å²) in [7, 11) is 1.61. The van der Waals surface area contributed by atoms with Gasteiger partial charge in [0.25, 0.3) is 5.91 Å². The lowest BCUT2D eigenvalue weighted by atomic mass is 9.87. The fourth-order valence-electron chi connectivity index (χ4n) is 2.42. The first-order valence-electron chi connectivity index (χ1n) is 8.55. The van der Waals surface area contributed by atoms with E-state index >= 15 is 0 Å². The van der Waals surface area contributed by atoms with Crippen molar-refractivity contribution in [2.45, 2.75) is 45.6 Å². The van der Waals surface area contributed by atoms with Crippen LogP contribution in [0.4, 0.5) is 5.69 Å². The number of nitrogens with one attached hydrogen (secondary N) is 1. The molecular weight excluding hydrogens is 314 g/mol. The highest BCUT2D eigenvalue weighted by molar-refractivity contribution is 5.94. The van der Waals surface area contributed by atoms with Crippen LogP contribution < -0.4 is 14.8 Å². The van der Waals surface area contributed by atoms with Crippen LogP contribution in [0.1, 0.15) is 39.7 Å². The van der Waals surface area contributed by atoms with E-state index in [0.29, 0.717) is 12.2 Å². The zero-order valence-corrected chi connectivity index (χ0v) is 15.6. The lowest BCUT2D eigenvalue weighted by molar-refractivity contribution is -0.122. The summed E-state index contributed by atoms with van der Waals surface area (Å²) in [5.41, 5.74) is 2.04. The largest absolute Gasteiger partial charge is 0.497 e. The molecule has 0 fully saturated rings. The van der Waals surface area contributed by atoms with Gasteiger partial charge in [-0.2, -0.15) is 0 Å². The van der Waals surface area contributed by atoms with Crippen molar-refractivity contribution in [3.05, 3.63) is 54.1 Å². The van der Waals surface area contributed by atoms with E-state index in [1.54, 1.807) is 7.11 Å². The highest BCUT2D eigenvalue weighted by atomic mass is 16.5. The third kappa shape index (κ3) is 5.24. The molecule has 0 aromatic heterocycles. The third-order valence-electron chi connectivity index (χ3n) is 4.02. The Kier molecular flexibility index (Phi) is 6.07. The van der Waals surface area contributed by atoms with E-state index in [1.807, 2.05) is 55.5 Å². The molecule has 2 rings (SSSR count). The smallest absolute Gasteiger partial charge is 0.265 e. The first kappa shape index (κ1) is 18.8. The lowest BCUT2D eigenvalue weighted by Crippen LogP contribution is -2.32. The maximum atomic E-state index is 12.5. The van der Waals surface area contributed by atoms with Crippen molar-refractivity contribution in [1.29, 1.82) is 0 Å². The first-order valence-corrected chi connectivity index (χ1v) is 8.55. The zero-order valence-electron chi connectivity index (χ0n) is 15.6. The second-order valence-electron chi connectivity index (χ2n) is 7.01. The van der Waals surface area contributed by atoms with E-state index in [1.165, 1.54) is 5.56 Å². The second kappa shape index (κ2) is 8.06. The lowest BCUT2D eigenvalue weighted by Gasteiger charge is -2.21. The molecule has 0 aliphatic rings. The highest BCUT2D eigenvalue weighted by Crippen LogP contribution is 2.25. The number of benzene rings is 2. The minimum atomic E-state index is -0.539. The molecule has 0 unspecified atom stereocenters. The van der Waals surface area contributed by atoms with Crippen molar-refractivity contribution in [2.75, 3.05) is 12.4 Å². The average Bonchev–Trinajstić information content (AvgIpc) is 2.60. The molecule has 0 radical (unpaired) electrons. The SMILES string of the molecule is CC[C@@H](Oc1ccc(C(C)(C)C)cc1)C(=O)Nc1ccc(OC)cc1. The predicted octanol–water partition coefficient (Wildman–Crippen LogP) is 4.79. The standard InChI is InChI=1S/C21H27NO3/c1-6-19(20(23)22-16-9-13-17(24-5)14-10-16)25-18-11-7-15(8-12-18)21(2,3)4/h7-14,19H,6H2,1-5H3,(H,22,23)/t19-/m1/s1. The number of carbonyl (C=O) groups is 1. The molecular formula is C21H27NO3. The summed E-state index contributed by atoms with van der Waals surface area (Å²) in [6.07, 6.45) is 0.0470. The van der Waals surface area contributed by atoms with Crippen LogP contribution in [0.25, 0.3) is 0 Å². The molecule has 0 saturated carbocycles. The van der Waals surface area contributed by atoms with Crippen LogP contribution >= 0.6 is 0 Å². The van der Waals surface area contributed by atoms with Crippen molar-refractivity contribution < 1.29 is 14.3 Å². The Morgan fingerprint density at radius 2 is 1.56 bits per heavy atom. The highest BCUT2D eigenvalue weighted by Gasteiger charge is 2.19. The van der Waals surface area contributed by atoms with Crippen molar-refractivity contribution in [1.82, 2.24) is 0 Å².